The van der Waals surface area contributed by atoms with Crippen LogP contribution < -0.4 is 5.43 Å². The molecule has 1 N–H and O–H groups in total. The molecule has 1 aliphatic rings. The normalized spacial score (nSPS) is 13.2. The third-order valence-corrected chi connectivity index (χ3v) is 4.68. The molecule has 0 spiro atoms. The molecule has 1 aliphatic heterocycles. The van der Waals surface area contributed by atoms with Crippen LogP contribution in [0.1, 0.15) is 16.7 Å². The van der Waals surface area contributed by atoms with Gasteiger partial charge in [-0.05, 0) is 30.3 Å². The Bertz CT molecular complexity index is 977. The first-order chi connectivity index (χ1) is 12.2. The summed E-state index contributed by atoms with van der Waals surface area (Å²) in [5, 5.41) is 5.33. The van der Waals surface area contributed by atoms with Crippen molar-refractivity contribution in [3.8, 4) is 0 Å². The number of aliphatic imine (C=N–C) groups is 1. The number of halogens is 2. The molecule has 3 aromatic carbocycles. The van der Waals surface area contributed by atoms with Gasteiger partial charge in [0, 0.05) is 26.2 Å². The maximum Gasteiger partial charge on any atom is 0.154 e. The zero-order valence-corrected chi connectivity index (χ0v) is 15.4. The molecule has 122 valence electrons. The van der Waals surface area contributed by atoms with Crippen LogP contribution in [0.25, 0.3) is 0 Å². The van der Waals surface area contributed by atoms with Crippen molar-refractivity contribution in [2.45, 2.75) is 0 Å². The first kappa shape index (κ1) is 16.1. The summed E-state index contributed by atoms with van der Waals surface area (Å²) in [4.78, 5) is 4.78. The van der Waals surface area contributed by atoms with Gasteiger partial charge in [0.2, 0.25) is 0 Å². The minimum absolute atomic E-state index is 0.700. The molecule has 0 radical (unpaired) electrons. The van der Waals surface area contributed by atoms with Gasteiger partial charge in [-0.15, -0.1) is 0 Å². The summed E-state index contributed by atoms with van der Waals surface area (Å²) in [6.45, 7) is 0. The van der Waals surface area contributed by atoms with Crippen LogP contribution in [-0.4, -0.2) is 11.5 Å². The van der Waals surface area contributed by atoms with Gasteiger partial charge in [-0.2, -0.15) is 5.10 Å². The number of para-hydroxylation sites is 1. The maximum atomic E-state index is 6.02. The molecule has 3 aromatic rings. The maximum absolute atomic E-state index is 6.02. The highest BCUT2D eigenvalue weighted by Crippen LogP contribution is 2.26. The lowest BCUT2D eigenvalue weighted by Gasteiger charge is -2.07. The van der Waals surface area contributed by atoms with E-state index in [1.165, 1.54) is 0 Å². The fourth-order valence-corrected chi connectivity index (χ4v) is 3.04. The van der Waals surface area contributed by atoms with Crippen LogP contribution in [0, 0.1) is 0 Å². The number of amidine groups is 1. The van der Waals surface area contributed by atoms with Gasteiger partial charge in [-0.1, -0.05) is 70.0 Å². The Kier molecular flexibility index (Phi) is 4.38. The van der Waals surface area contributed by atoms with E-state index in [9.17, 15) is 0 Å². The Hall–Kier alpha value is -2.43. The number of fused-ring (bicyclic) bond motifs is 1. The van der Waals surface area contributed by atoms with Crippen molar-refractivity contribution in [3.63, 3.8) is 0 Å². The smallest absolute Gasteiger partial charge is 0.154 e. The topological polar surface area (TPSA) is 36.8 Å². The van der Waals surface area contributed by atoms with Gasteiger partial charge in [0.1, 0.15) is 0 Å². The third-order valence-electron chi connectivity index (χ3n) is 3.90. The van der Waals surface area contributed by atoms with E-state index in [1.54, 1.807) is 0 Å². The SMILES string of the molecule is Clc1ccc(C2=NNC(c3ccc(Br)cc3)=Nc3ccccc32)cc1. The van der Waals surface area contributed by atoms with E-state index >= 15 is 0 Å². The molecule has 0 bridgehead atoms. The molecule has 0 fully saturated rings. The van der Waals surface area contributed by atoms with Gasteiger partial charge in [0.25, 0.3) is 0 Å². The lowest BCUT2D eigenvalue weighted by atomic mass is 10.0. The molecule has 0 atom stereocenters. The largest absolute Gasteiger partial charge is 0.260 e. The molecule has 5 heteroatoms. The van der Waals surface area contributed by atoms with Gasteiger partial charge in [-0.25, -0.2) is 4.99 Å². The Labute approximate surface area is 159 Å². The van der Waals surface area contributed by atoms with Crippen molar-refractivity contribution in [3.05, 3.63) is 99.0 Å². The molecule has 1 heterocycles. The van der Waals surface area contributed by atoms with Crippen molar-refractivity contribution >= 4 is 44.8 Å². The molecule has 4 rings (SSSR count). The highest BCUT2D eigenvalue weighted by molar-refractivity contribution is 9.10. The minimum Gasteiger partial charge on any atom is -0.260 e. The van der Waals surface area contributed by atoms with Crippen LogP contribution in [-0.2, 0) is 0 Å². The zero-order chi connectivity index (χ0) is 17.2. The summed E-state index contributed by atoms with van der Waals surface area (Å²) in [5.74, 6) is 0.712. The molecule has 3 nitrogen and oxygen atoms in total. The third kappa shape index (κ3) is 3.36. The minimum atomic E-state index is 0.700. The van der Waals surface area contributed by atoms with E-state index in [0.29, 0.717) is 10.9 Å². The second-order valence-electron chi connectivity index (χ2n) is 5.56. The van der Waals surface area contributed by atoms with Crippen LogP contribution in [0.2, 0.25) is 5.02 Å². The van der Waals surface area contributed by atoms with Crippen LogP contribution >= 0.6 is 27.5 Å². The van der Waals surface area contributed by atoms with Crippen LogP contribution in [0.5, 0.6) is 0 Å². The Morgan fingerprint density at radius 3 is 2.24 bits per heavy atom. The molecule has 0 saturated carbocycles. The second kappa shape index (κ2) is 6.82. The predicted octanol–water partition coefficient (Wildman–Crippen LogP) is 5.54. The summed E-state index contributed by atoms with van der Waals surface area (Å²) < 4.78 is 1.02. The Morgan fingerprint density at radius 1 is 0.800 bits per heavy atom. The number of benzene rings is 3. The molecule has 0 saturated heterocycles. The molecule has 25 heavy (non-hydrogen) atoms. The lowest BCUT2D eigenvalue weighted by Crippen LogP contribution is -2.19. The van der Waals surface area contributed by atoms with E-state index in [1.807, 2.05) is 72.8 Å². The highest BCUT2D eigenvalue weighted by Gasteiger charge is 2.16. The zero-order valence-electron chi connectivity index (χ0n) is 13.1. The lowest BCUT2D eigenvalue weighted by molar-refractivity contribution is 1.03. The van der Waals surface area contributed by atoms with Crippen LogP contribution in [0.15, 0.2) is 87.4 Å². The number of nitrogens with one attached hydrogen (secondary N) is 1. The van der Waals surface area contributed by atoms with Gasteiger partial charge >= 0.3 is 0 Å². The Morgan fingerprint density at radius 2 is 1.48 bits per heavy atom. The predicted molar refractivity (Wildman–Crippen MR) is 107 cm³/mol. The standard InChI is InChI=1S/C20H13BrClN3/c21-15-9-5-14(6-10-15)20-23-18-4-2-1-3-17(18)19(24-25-20)13-7-11-16(22)12-8-13/h1-12H,(H,23,25). The molecular formula is C20H13BrClN3. The van der Waals surface area contributed by atoms with Crippen molar-refractivity contribution in [1.82, 2.24) is 5.43 Å². The first-order valence-corrected chi connectivity index (χ1v) is 8.91. The molecule has 0 aromatic heterocycles. The molecule has 0 unspecified atom stereocenters. The number of hydrogen-bond donors (Lipinski definition) is 1. The molecule has 0 aliphatic carbocycles. The summed E-state index contributed by atoms with van der Waals surface area (Å²) in [6, 6.07) is 23.6. The molecule has 0 amide bonds. The molecular weight excluding hydrogens is 398 g/mol. The van der Waals surface area contributed by atoms with Crippen molar-refractivity contribution in [1.29, 1.82) is 0 Å². The number of hydrazone groups is 1. The van der Waals surface area contributed by atoms with Crippen LogP contribution in [0.3, 0.4) is 0 Å². The van der Waals surface area contributed by atoms with Crippen molar-refractivity contribution < 1.29 is 0 Å². The summed E-state index contributed by atoms with van der Waals surface area (Å²) >= 11 is 9.48. The quantitative estimate of drug-likeness (QED) is 0.592. The fourth-order valence-electron chi connectivity index (χ4n) is 2.65. The Balaban J connectivity index is 1.83. The number of hydrogen-bond acceptors (Lipinski definition) is 3. The van der Waals surface area contributed by atoms with Gasteiger partial charge < -0.3 is 0 Å². The van der Waals surface area contributed by atoms with Crippen molar-refractivity contribution in [2.24, 2.45) is 10.1 Å². The van der Waals surface area contributed by atoms with E-state index in [4.69, 9.17) is 16.6 Å². The fraction of sp³-hybridized carbons (Fsp3) is 0. The van der Waals surface area contributed by atoms with Crippen molar-refractivity contribution in [2.75, 3.05) is 0 Å². The van der Waals surface area contributed by atoms with Gasteiger partial charge in [-0.3, -0.25) is 5.43 Å². The van der Waals surface area contributed by atoms with E-state index in [0.717, 1.165) is 32.6 Å². The highest BCUT2D eigenvalue weighted by atomic mass is 79.9. The number of nitrogens with zero attached hydrogens (tertiary/aromatic N) is 2. The average Bonchev–Trinajstić information content (AvgIpc) is 2.83. The van der Waals surface area contributed by atoms with E-state index in [2.05, 4.69) is 26.5 Å². The number of rotatable bonds is 2. The van der Waals surface area contributed by atoms with E-state index < -0.39 is 0 Å². The van der Waals surface area contributed by atoms with Gasteiger partial charge in [0.15, 0.2) is 5.84 Å². The monoisotopic (exact) mass is 409 g/mol. The van der Waals surface area contributed by atoms with Gasteiger partial charge in [0.05, 0.1) is 11.4 Å². The van der Waals surface area contributed by atoms with E-state index in [-0.39, 0.29) is 0 Å². The second-order valence-corrected chi connectivity index (χ2v) is 6.92. The average molecular weight is 411 g/mol. The summed E-state index contributed by atoms with van der Waals surface area (Å²) in [5.41, 5.74) is 7.76. The summed E-state index contributed by atoms with van der Waals surface area (Å²) in [6.07, 6.45) is 0. The summed E-state index contributed by atoms with van der Waals surface area (Å²) in [7, 11) is 0. The van der Waals surface area contributed by atoms with Crippen LogP contribution in [0.4, 0.5) is 5.69 Å². The first-order valence-electron chi connectivity index (χ1n) is 7.74.